The van der Waals surface area contributed by atoms with Gasteiger partial charge in [0.05, 0.1) is 0 Å². The van der Waals surface area contributed by atoms with Gasteiger partial charge >= 0.3 is 0 Å². The van der Waals surface area contributed by atoms with E-state index in [0.717, 1.165) is 9.86 Å². The average Bonchev–Trinajstić information content (AvgIpc) is 2.57. The Balaban J connectivity index is 2.61. The van der Waals surface area contributed by atoms with Crippen molar-refractivity contribution in [2.75, 3.05) is 0 Å². The summed E-state index contributed by atoms with van der Waals surface area (Å²) in [6.45, 7) is 0. The minimum atomic E-state index is 0.318. The van der Waals surface area contributed by atoms with Gasteiger partial charge in [-0.25, -0.2) is 0 Å². The molecule has 0 fully saturated rings. The highest BCUT2D eigenvalue weighted by atomic mass is 79.9. The number of halogens is 1. The number of aromatic hydroxyl groups is 1. The molecule has 0 spiro atoms. The van der Waals surface area contributed by atoms with Crippen molar-refractivity contribution in [2.45, 2.75) is 0 Å². The maximum Gasteiger partial charge on any atom is 0.116 e. The van der Waals surface area contributed by atoms with Crippen LogP contribution in [0, 0.1) is 0 Å². The summed E-state index contributed by atoms with van der Waals surface area (Å²) < 4.78 is 3.52. The zero-order chi connectivity index (χ0) is 10.4. The topological polar surface area (TPSA) is 20.2 Å². The molecule has 1 nitrogen and oxygen atoms in total. The van der Waals surface area contributed by atoms with E-state index in [0.29, 0.717) is 5.75 Å². The number of benzene rings is 2. The van der Waals surface area contributed by atoms with E-state index in [2.05, 4.69) is 22.0 Å². The summed E-state index contributed by atoms with van der Waals surface area (Å²) in [6.07, 6.45) is 0. The van der Waals surface area contributed by atoms with Gasteiger partial charge < -0.3 is 5.11 Å². The smallest absolute Gasteiger partial charge is 0.116 e. The predicted octanol–water partition coefficient (Wildman–Crippen LogP) is 4.52. The first-order valence-corrected chi connectivity index (χ1v) is 6.16. The highest BCUT2D eigenvalue weighted by molar-refractivity contribution is 9.10. The Hall–Kier alpha value is -1.06. The van der Waals surface area contributed by atoms with Gasteiger partial charge in [0.15, 0.2) is 0 Å². The minimum absolute atomic E-state index is 0.318. The van der Waals surface area contributed by atoms with Crippen molar-refractivity contribution in [1.82, 2.24) is 0 Å². The van der Waals surface area contributed by atoms with Gasteiger partial charge in [0.25, 0.3) is 0 Å². The highest BCUT2D eigenvalue weighted by Gasteiger charge is 2.07. The van der Waals surface area contributed by atoms with E-state index in [1.165, 1.54) is 14.8 Å². The molecule has 1 N–H and O–H groups in total. The third-order valence-corrected chi connectivity index (χ3v) is 4.22. The highest BCUT2D eigenvalue weighted by Crippen LogP contribution is 2.39. The van der Waals surface area contributed by atoms with E-state index in [4.69, 9.17) is 0 Å². The second kappa shape index (κ2) is 3.22. The fourth-order valence-corrected chi connectivity index (χ4v) is 3.60. The van der Waals surface area contributed by atoms with Crippen molar-refractivity contribution >= 4 is 47.4 Å². The normalized spacial score (nSPS) is 11.3. The molecule has 0 saturated carbocycles. The van der Waals surface area contributed by atoms with Crippen LogP contribution in [0.4, 0.5) is 0 Å². The zero-order valence-electron chi connectivity index (χ0n) is 7.70. The van der Waals surface area contributed by atoms with E-state index in [9.17, 15) is 5.11 Å². The van der Waals surface area contributed by atoms with Crippen LogP contribution in [0.5, 0.6) is 5.75 Å². The molecule has 2 aromatic carbocycles. The van der Waals surface area contributed by atoms with Crippen LogP contribution in [0.15, 0.2) is 40.9 Å². The molecule has 0 bridgehead atoms. The quantitative estimate of drug-likeness (QED) is 0.641. The van der Waals surface area contributed by atoms with Crippen molar-refractivity contribution in [3.63, 3.8) is 0 Å². The molecule has 0 unspecified atom stereocenters. The van der Waals surface area contributed by atoms with Gasteiger partial charge in [-0.1, -0.05) is 22.0 Å². The van der Waals surface area contributed by atoms with E-state index in [-0.39, 0.29) is 0 Å². The molecule has 3 aromatic rings. The van der Waals surface area contributed by atoms with Crippen LogP contribution in [0.25, 0.3) is 20.2 Å². The zero-order valence-corrected chi connectivity index (χ0v) is 10.1. The molecule has 0 radical (unpaired) electrons. The van der Waals surface area contributed by atoms with Crippen LogP contribution in [0.3, 0.4) is 0 Å². The van der Waals surface area contributed by atoms with E-state index in [1.54, 1.807) is 17.4 Å². The molecule has 15 heavy (non-hydrogen) atoms. The third kappa shape index (κ3) is 1.34. The van der Waals surface area contributed by atoms with Gasteiger partial charge in [-0.3, -0.25) is 0 Å². The lowest BCUT2D eigenvalue weighted by Crippen LogP contribution is -1.69. The Kier molecular flexibility index (Phi) is 1.97. The minimum Gasteiger partial charge on any atom is -0.508 e. The van der Waals surface area contributed by atoms with Crippen LogP contribution < -0.4 is 0 Å². The standard InChI is InChI=1S/C12H7BrOS/c13-9-2-1-3-11-12(9)8-6-7(14)4-5-10(8)15-11/h1-6,14H. The first-order chi connectivity index (χ1) is 7.25. The van der Waals surface area contributed by atoms with E-state index >= 15 is 0 Å². The van der Waals surface area contributed by atoms with Crippen LogP contribution in [0.1, 0.15) is 0 Å². The fraction of sp³-hybridized carbons (Fsp3) is 0. The molecular weight excluding hydrogens is 272 g/mol. The fourth-order valence-electron chi connectivity index (χ4n) is 1.77. The van der Waals surface area contributed by atoms with E-state index in [1.807, 2.05) is 24.3 Å². The summed E-state index contributed by atoms with van der Waals surface area (Å²) >= 11 is 5.29. The molecule has 0 atom stereocenters. The first-order valence-electron chi connectivity index (χ1n) is 4.55. The van der Waals surface area contributed by atoms with Crippen LogP contribution in [0.2, 0.25) is 0 Å². The van der Waals surface area contributed by atoms with Crippen LogP contribution >= 0.6 is 27.3 Å². The second-order valence-corrected chi connectivity index (χ2v) is 5.33. The Labute approximate surface area is 99.1 Å². The lowest BCUT2D eigenvalue weighted by atomic mass is 10.1. The van der Waals surface area contributed by atoms with Gasteiger partial charge in [0, 0.05) is 24.6 Å². The summed E-state index contributed by atoms with van der Waals surface area (Å²) in [6, 6.07) is 11.7. The second-order valence-electron chi connectivity index (χ2n) is 3.40. The number of thiophene rings is 1. The lowest BCUT2D eigenvalue weighted by molar-refractivity contribution is 0.476. The number of phenols is 1. The molecule has 3 heteroatoms. The first kappa shape index (κ1) is 9.19. The Bertz CT molecular complexity index is 657. The van der Waals surface area contributed by atoms with Gasteiger partial charge in [-0.15, -0.1) is 11.3 Å². The maximum absolute atomic E-state index is 9.49. The SMILES string of the molecule is Oc1ccc2sc3cccc(Br)c3c2c1. The maximum atomic E-state index is 9.49. The lowest BCUT2D eigenvalue weighted by Gasteiger charge is -1.95. The van der Waals surface area contributed by atoms with E-state index < -0.39 is 0 Å². The van der Waals surface area contributed by atoms with Crippen LogP contribution in [-0.4, -0.2) is 5.11 Å². The van der Waals surface area contributed by atoms with Gasteiger partial charge in [-0.05, 0) is 30.3 Å². The summed E-state index contributed by atoms with van der Waals surface area (Å²) in [5, 5.41) is 11.8. The number of hydrogen-bond donors (Lipinski definition) is 1. The largest absolute Gasteiger partial charge is 0.508 e. The Morgan fingerprint density at radius 3 is 2.80 bits per heavy atom. The van der Waals surface area contributed by atoms with Gasteiger partial charge in [-0.2, -0.15) is 0 Å². The molecule has 0 aliphatic rings. The van der Waals surface area contributed by atoms with Crippen molar-refractivity contribution in [2.24, 2.45) is 0 Å². The van der Waals surface area contributed by atoms with Gasteiger partial charge in [0.2, 0.25) is 0 Å². The molecule has 0 saturated heterocycles. The van der Waals surface area contributed by atoms with Crippen molar-refractivity contribution in [3.05, 3.63) is 40.9 Å². The monoisotopic (exact) mass is 278 g/mol. The molecule has 74 valence electrons. The van der Waals surface area contributed by atoms with Crippen molar-refractivity contribution in [1.29, 1.82) is 0 Å². The third-order valence-electron chi connectivity index (χ3n) is 2.43. The summed E-state index contributed by atoms with van der Waals surface area (Å²) in [5.74, 6) is 0.318. The average molecular weight is 279 g/mol. The number of phenolic OH excluding ortho intramolecular Hbond substituents is 1. The number of hydrogen-bond acceptors (Lipinski definition) is 2. The summed E-state index contributed by atoms with van der Waals surface area (Å²) in [7, 11) is 0. The Morgan fingerprint density at radius 2 is 1.93 bits per heavy atom. The molecule has 0 amide bonds. The van der Waals surface area contributed by atoms with Crippen LogP contribution in [-0.2, 0) is 0 Å². The van der Waals surface area contributed by atoms with Crippen molar-refractivity contribution in [3.8, 4) is 5.75 Å². The Morgan fingerprint density at radius 1 is 1.07 bits per heavy atom. The molecule has 0 aliphatic carbocycles. The predicted molar refractivity (Wildman–Crippen MR) is 68.7 cm³/mol. The summed E-state index contributed by atoms with van der Waals surface area (Å²) in [4.78, 5) is 0. The molecular formula is C12H7BrOS. The molecule has 1 aromatic heterocycles. The number of fused-ring (bicyclic) bond motifs is 3. The van der Waals surface area contributed by atoms with Crippen molar-refractivity contribution < 1.29 is 5.11 Å². The molecule has 1 heterocycles. The molecule has 3 rings (SSSR count). The summed E-state index contributed by atoms with van der Waals surface area (Å²) in [5.41, 5.74) is 0. The van der Waals surface area contributed by atoms with Gasteiger partial charge in [0.1, 0.15) is 5.75 Å². The molecule has 0 aliphatic heterocycles. The number of rotatable bonds is 0.